The first-order chi connectivity index (χ1) is 9.74. The van der Waals surface area contributed by atoms with Gasteiger partial charge in [0.15, 0.2) is 0 Å². The first-order valence-corrected chi connectivity index (χ1v) is 6.53. The number of nitrogens with two attached hydrogens (primary N) is 1. The monoisotopic (exact) mass is 265 g/mol. The maximum Gasteiger partial charge on any atom is 0.207 e. The van der Waals surface area contributed by atoms with Crippen molar-refractivity contribution in [2.45, 2.75) is 13.0 Å². The van der Waals surface area contributed by atoms with Crippen LogP contribution in [0.1, 0.15) is 5.56 Å². The number of fused-ring (bicyclic) bond motifs is 1. The number of rotatable bonds is 3. The molecule has 0 amide bonds. The first kappa shape index (κ1) is 12.4. The normalized spacial score (nSPS) is 10.8. The molecule has 0 fully saturated rings. The average molecular weight is 265 g/mol. The van der Waals surface area contributed by atoms with E-state index in [1.807, 2.05) is 53.2 Å². The van der Waals surface area contributed by atoms with Gasteiger partial charge in [-0.15, -0.1) is 0 Å². The number of benzene rings is 2. The molecule has 0 spiro atoms. The molecule has 1 aromatic heterocycles. The van der Waals surface area contributed by atoms with Crippen molar-refractivity contribution in [3.63, 3.8) is 0 Å². The summed E-state index contributed by atoms with van der Waals surface area (Å²) in [5, 5.41) is 4.93. The van der Waals surface area contributed by atoms with Gasteiger partial charge in [0.05, 0.1) is 11.7 Å². The number of nitrogen functional groups attached to an aromatic ring is 1. The Kier molecular flexibility index (Phi) is 3.21. The Morgan fingerprint density at radius 1 is 1.05 bits per heavy atom. The van der Waals surface area contributed by atoms with Gasteiger partial charge in [0.25, 0.3) is 0 Å². The third kappa shape index (κ3) is 2.40. The lowest BCUT2D eigenvalue weighted by Crippen LogP contribution is -2.13. The lowest BCUT2D eigenvalue weighted by atomic mass is 10.1. The Bertz CT molecular complexity index is 791. The van der Waals surface area contributed by atoms with E-state index in [0.29, 0.717) is 5.39 Å². The second-order valence-corrected chi connectivity index (χ2v) is 4.74. The molecule has 0 saturated carbocycles. The minimum absolute atomic E-state index is 0.0377. The zero-order valence-corrected chi connectivity index (χ0v) is 11.0. The second kappa shape index (κ2) is 5.17. The van der Waals surface area contributed by atoms with Crippen molar-refractivity contribution in [1.29, 1.82) is 0 Å². The summed E-state index contributed by atoms with van der Waals surface area (Å²) in [6, 6.07) is 15.4. The summed E-state index contributed by atoms with van der Waals surface area (Å²) in [4.78, 5) is 11.8. The summed E-state index contributed by atoms with van der Waals surface area (Å²) in [5.41, 5.74) is 8.47. The van der Waals surface area contributed by atoms with Crippen molar-refractivity contribution >= 4 is 16.6 Å². The minimum Gasteiger partial charge on any atom is -0.399 e. The molecule has 4 heteroatoms. The molecule has 20 heavy (non-hydrogen) atoms. The highest BCUT2D eigenvalue weighted by Crippen LogP contribution is 2.10. The fourth-order valence-electron chi connectivity index (χ4n) is 2.26. The van der Waals surface area contributed by atoms with Gasteiger partial charge in [-0.05, 0) is 36.2 Å². The van der Waals surface area contributed by atoms with Crippen molar-refractivity contribution in [2.24, 2.45) is 0 Å². The Balaban J connectivity index is 1.90. The van der Waals surface area contributed by atoms with Gasteiger partial charge >= 0.3 is 0 Å². The lowest BCUT2D eigenvalue weighted by Gasteiger charge is -2.09. The average Bonchev–Trinajstić information content (AvgIpc) is 2.49. The molecule has 0 saturated heterocycles. The molecule has 3 rings (SSSR count). The van der Waals surface area contributed by atoms with Crippen LogP contribution in [0.3, 0.4) is 0 Å². The minimum atomic E-state index is -0.0377. The summed E-state index contributed by atoms with van der Waals surface area (Å²) >= 11 is 0. The van der Waals surface area contributed by atoms with E-state index in [0.717, 1.165) is 24.2 Å². The van der Waals surface area contributed by atoms with Gasteiger partial charge in [0.2, 0.25) is 5.43 Å². The van der Waals surface area contributed by atoms with Crippen LogP contribution < -0.4 is 11.2 Å². The van der Waals surface area contributed by atoms with Gasteiger partial charge in [-0.3, -0.25) is 9.48 Å². The Labute approximate surface area is 116 Å². The molecule has 0 radical (unpaired) electrons. The molecule has 1 heterocycles. The highest BCUT2D eigenvalue weighted by molar-refractivity contribution is 5.77. The van der Waals surface area contributed by atoms with Crippen LogP contribution in [0, 0.1) is 0 Å². The molecule has 0 atom stereocenters. The van der Waals surface area contributed by atoms with Crippen molar-refractivity contribution < 1.29 is 0 Å². The number of nitrogens with zero attached hydrogens (tertiary/aromatic N) is 2. The molecule has 2 N–H and O–H groups in total. The number of aromatic nitrogens is 2. The lowest BCUT2D eigenvalue weighted by molar-refractivity contribution is 0.623. The van der Waals surface area contributed by atoms with Crippen LogP contribution >= 0.6 is 0 Å². The molecule has 100 valence electrons. The summed E-state index contributed by atoms with van der Waals surface area (Å²) in [6.07, 6.45) is 2.23. The van der Waals surface area contributed by atoms with Crippen molar-refractivity contribution in [1.82, 2.24) is 9.78 Å². The van der Waals surface area contributed by atoms with E-state index in [-0.39, 0.29) is 5.43 Å². The molecule has 4 nitrogen and oxygen atoms in total. The predicted molar refractivity (Wildman–Crippen MR) is 80.6 cm³/mol. The van der Waals surface area contributed by atoms with Crippen molar-refractivity contribution in [2.75, 3.05) is 5.73 Å². The molecule has 2 aromatic carbocycles. The van der Waals surface area contributed by atoms with Gasteiger partial charge in [-0.25, -0.2) is 0 Å². The molecule has 0 unspecified atom stereocenters. The number of para-hydroxylation sites is 1. The van der Waals surface area contributed by atoms with Gasteiger partial charge in [-0.2, -0.15) is 5.10 Å². The molecular formula is C16H15N3O. The molecular weight excluding hydrogens is 250 g/mol. The predicted octanol–water partition coefficient (Wildman–Crippen LogP) is 2.22. The summed E-state index contributed by atoms with van der Waals surface area (Å²) in [5.74, 6) is 0. The Hall–Kier alpha value is -2.62. The maximum atomic E-state index is 11.8. The standard InChI is InChI=1S/C16H15N3O/c17-13-7-5-12(6-8-13)9-10-19-15-4-2-1-3-14(15)16(20)11-18-19/h1-8,11H,9-10,17H2. The highest BCUT2D eigenvalue weighted by Gasteiger charge is 2.03. The fourth-order valence-corrected chi connectivity index (χ4v) is 2.26. The number of anilines is 1. The number of hydrogen-bond donors (Lipinski definition) is 1. The van der Waals surface area contributed by atoms with Crippen LogP contribution in [0.2, 0.25) is 0 Å². The van der Waals surface area contributed by atoms with Crippen LogP contribution in [0.15, 0.2) is 59.5 Å². The summed E-state index contributed by atoms with van der Waals surface area (Å²) in [6.45, 7) is 0.727. The molecule has 0 bridgehead atoms. The molecule has 0 aliphatic heterocycles. The molecule has 3 aromatic rings. The fraction of sp³-hybridized carbons (Fsp3) is 0.125. The highest BCUT2D eigenvalue weighted by atomic mass is 16.1. The number of hydrogen-bond acceptors (Lipinski definition) is 3. The van der Waals surface area contributed by atoms with Crippen LogP contribution in [0.5, 0.6) is 0 Å². The van der Waals surface area contributed by atoms with E-state index in [1.54, 1.807) is 0 Å². The third-order valence-corrected chi connectivity index (χ3v) is 3.35. The quantitative estimate of drug-likeness (QED) is 0.739. The molecule has 0 aliphatic carbocycles. The van der Waals surface area contributed by atoms with Crippen molar-refractivity contribution in [3.05, 3.63) is 70.5 Å². The van der Waals surface area contributed by atoms with Gasteiger partial charge < -0.3 is 5.73 Å². The van der Waals surface area contributed by atoms with E-state index in [2.05, 4.69) is 5.10 Å². The van der Waals surface area contributed by atoms with Crippen LogP contribution in [0.4, 0.5) is 5.69 Å². The smallest absolute Gasteiger partial charge is 0.207 e. The molecule has 0 aliphatic rings. The summed E-state index contributed by atoms with van der Waals surface area (Å²) < 4.78 is 1.87. The zero-order chi connectivity index (χ0) is 13.9. The third-order valence-electron chi connectivity index (χ3n) is 3.35. The largest absolute Gasteiger partial charge is 0.399 e. The second-order valence-electron chi connectivity index (χ2n) is 4.74. The van der Waals surface area contributed by atoms with Crippen LogP contribution in [0.25, 0.3) is 10.9 Å². The van der Waals surface area contributed by atoms with E-state index in [9.17, 15) is 4.79 Å². The Morgan fingerprint density at radius 2 is 1.80 bits per heavy atom. The SMILES string of the molecule is Nc1ccc(CCn2ncc(=O)c3ccccc32)cc1. The zero-order valence-electron chi connectivity index (χ0n) is 11.0. The van der Waals surface area contributed by atoms with E-state index >= 15 is 0 Å². The summed E-state index contributed by atoms with van der Waals surface area (Å²) in [7, 11) is 0. The Morgan fingerprint density at radius 3 is 2.60 bits per heavy atom. The van der Waals surface area contributed by atoms with Crippen LogP contribution in [-0.2, 0) is 13.0 Å². The topological polar surface area (TPSA) is 60.9 Å². The first-order valence-electron chi connectivity index (χ1n) is 6.53. The van der Waals surface area contributed by atoms with Crippen molar-refractivity contribution in [3.8, 4) is 0 Å². The van der Waals surface area contributed by atoms with Crippen LogP contribution in [-0.4, -0.2) is 9.78 Å². The van der Waals surface area contributed by atoms with Gasteiger partial charge in [0, 0.05) is 17.6 Å². The van der Waals surface area contributed by atoms with Gasteiger partial charge in [0.1, 0.15) is 0 Å². The maximum absolute atomic E-state index is 11.8. The number of aryl methyl sites for hydroxylation is 2. The van der Waals surface area contributed by atoms with E-state index in [1.165, 1.54) is 11.8 Å². The van der Waals surface area contributed by atoms with E-state index < -0.39 is 0 Å². The van der Waals surface area contributed by atoms with E-state index in [4.69, 9.17) is 5.73 Å². The van der Waals surface area contributed by atoms with Gasteiger partial charge in [-0.1, -0.05) is 24.3 Å².